The van der Waals surface area contributed by atoms with Gasteiger partial charge in [-0.3, -0.25) is 0 Å². The standard InChI is InChI=1S/C11H18F2/c1-4-6-10(5-2)11(13)7-9(3)8-12/h7H,4-6,8H2,1-3H3/b9-7+,11-10-. The van der Waals surface area contributed by atoms with Crippen molar-refractivity contribution in [1.29, 1.82) is 0 Å². The van der Waals surface area contributed by atoms with Crippen molar-refractivity contribution in [3.8, 4) is 0 Å². The van der Waals surface area contributed by atoms with E-state index in [-0.39, 0.29) is 5.83 Å². The van der Waals surface area contributed by atoms with Crippen molar-refractivity contribution in [3.05, 3.63) is 23.0 Å². The van der Waals surface area contributed by atoms with Crippen LogP contribution in [0.15, 0.2) is 23.0 Å². The summed E-state index contributed by atoms with van der Waals surface area (Å²) < 4.78 is 25.4. The molecule has 0 aliphatic carbocycles. The Balaban J connectivity index is 4.54. The van der Waals surface area contributed by atoms with Gasteiger partial charge in [0.2, 0.25) is 0 Å². The second-order valence-electron chi connectivity index (χ2n) is 3.18. The molecule has 0 nitrogen and oxygen atoms in total. The number of hydrogen-bond acceptors (Lipinski definition) is 0. The first-order valence-corrected chi connectivity index (χ1v) is 4.76. The lowest BCUT2D eigenvalue weighted by atomic mass is 10.1. The summed E-state index contributed by atoms with van der Waals surface area (Å²) in [7, 11) is 0. The van der Waals surface area contributed by atoms with E-state index in [2.05, 4.69) is 0 Å². The van der Waals surface area contributed by atoms with Crippen molar-refractivity contribution in [2.45, 2.75) is 40.0 Å². The van der Waals surface area contributed by atoms with Crippen LogP contribution in [0.25, 0.3) is 0 Å². The van der Waals surface area contributed by atoms with Crippen LogP contribution >= 0.6 is 0 Å². The molecule has 0 aliphatic heterocycles. The summed E-state index contributed by atoms with van der Waals surface area (Å²) in [6.45, 7) is 4.95. The van der Waals surface area contributed by atoms with E-state index in [9.17, 15) is 8.78 Å². The zero-order chi connectivity index (χ0) is 10.3. The fraction of sp³-hybridized carbons (Fsp3) is 0.636. The van der Waals surface area contributed by atoms with Crippen LogP contribution in [0.2, 0.25) is 0 Å². The maximum Gasteiger partial charge on any atom is 0.122 e. The highest BCUT2D eigenvalue weighted by Gasteiger charge is 2.01. The molecule has 0 bridgehead atoms. The highest BCUT2D eigenvalue weighted by Crippen LogP contribution is 2.18. The van der Waals surface area contributed by atoms with E-state index in [1.54, 1.807) is 6.92 Å². The zero-order valence-corrected chi connectivity index (χ0v) is 8.66. The Morgan fingerprint density at radius 3 is 2.31 bits per heavy atom. The lowest BCUT2D eigenvalue weighted by Crippen LogP contribution is -1.86. The minimum absolute atomic E-state index is 0.250. The normalized spacial score (nSPS) is 14.4. The number of alkyl halides is 1. The van der Waals surface area contributed by atoms with Gasteiger partial charge in [0.1, 0.15) is 12.5 Å². The molecule has 2 heteroatoms. The zero-order valence-electron chi connectivity index (χ0n) is 8.66. The Kier molecular flexibility index (Phi) is 6.47. The molecule has 76 valence electrons. The fourth-order valence-corrected chi connectivity index (χ4v) is 1.12. The van der Waals surface area contributed by atoms with Gasteiger partial charge in [-0.2, -0.15) is 0 Å². The molecule has 0 heterocycles. The van der Waals surface area contributed by atoms with Crippen molar-refractivity contribution in [2.24, 2.45) is 0 Å². The third-order valence-corrected chi connectivity index (χ3v) is 1.90. The Labute approximate surface area is 79.3 Å². The molecule has 0 rings (SSSR count). The van der Waals surface area contributed by atoms with Crippen LogP contribution in [0.4, 0.5) is 8.78 Å². The Bertz CT molecular complexity index is 202. The third kappa shape index (κ3) is 4.81. The number of halogens is 2. The van der Waals surface area contributed by atoms with Gasteiger partial charge in [-0.25, -0.2) is 8.78 Å². The first-order valence-electron chi connectivity index (χ1n) is 4.76. The van der Waals surface area contributed by atoms with Crippen LogP contribution in [0, 0.1) is 0 Å². The number of allylic oxidation sites excluding steroid dienone is 4. The molecule has 0 atom stereocenters. The van der Waals surface area contributed by atoms with Gasteiger partial charge in [-0.1, -0.05) is 20.3 Å². The third-order valence-electron chi connectivity index (χ3n) is 1.90. The molecule has 0 unspecified atom stereocenters. The summed E-state index contributed by atoms with van der Waals surface area (Å²) in [6.07, 6.45) is 3.70. The summed E-state index contributed by atoms with van der Waals surface area (Å²) in [5.74, 6) is -0.250. The topological polar surface area (TPSA) is 0 Å². The Morgan fingerprint density at radius 1 is 1.31 bits per heavy atom. The predicted octanol–water partition coefficient (Wildman–Crippen LogP) is 4.34. The molecule has 0 saturated heterocycles. The smallest absolute Gasteiger partial charge is 0.122 e. The van der Waals surface area contributed by atoms with Gasteiger partial charge < -0.3 is 0 Å². The molecule has 0 saturated carbocycles. The van der Waals surface area contributed by atoms with Crippen LogP contribution < -0.4 is 0 Å². The van der Waals surface area contributed by atoms with Crippen LogP contribution in [-0.4, -0.2) is 6.67 Å². The van der Waals surface area contributed by atoms with Gasteiger partial charge in [-0.15, -0.1) is 0 Å². The van der Waals surface area contributed by atoms with Crippen molar-refractivity contribution in [3.63, 3.8) is 0 Å². The van der Waals surface area contributed by atoms with Gasteiger partial charge in [0.15, 0.2) is 0 Å². The monoisotopic (exact) mass is 188 g/mol. The second kappa shape index (κ2) is 6.81. The minimum Gasteiger partial charge on any atom is -0.246 e. The molecule has 0 aromatic rings. The molecular weight excluding hydrogens is 170 g/mol. The quantitative estimate of drug-likeness (QED) is 0.563. The first kappa shape index (κ1) is 12.3. The summed E-state index contributed by atoms with van der Waals surface area (Å²) >= 11 is 0. The molecule has 0 aromatic heterocycles. The summed E-state index contributed by atoms with van der Waals surface area (Å²) in [5.41, 5.74) is 1.23. The van der Waals surface area contributed by atoms with Crippen molar-refractivity contribution in [2.75, 3.05) is 6.67 Å². The van der Waals surface area contributed by atoms with Crippen LogP contribution in [0.5, 0.6) is 0 Å². The molecule has 13 heavy (non-hydrogen) atoms. The minimum atomic E-state index is -0.573. The number of rotatable bonds is 5. The molecule has 0 N–H and O–H groups in total. The summed E-state index contributed by atoms with van der Waals surface area (Å²) in [4.78, 5) is 0. The lowest BCUT2D eigenvalue weighted by Gasteiger charge is -2.03. The molecule has 0 radical (unpaired) electrons. The average Bonchev–Trinajstić information content (AvgIpc) is 2.13. The Morgan fingerprint density at radius 2 is 1.92 bits per heavy atom. The van der Waals surface area contributed by atoms with Crippen molar-refractivity contribution < 1.29 is 8.78 Å². The van der Waals surface area contributed by atoms with Gasteiger partial charge >= 0.3 is 0 Å². The van der Waals surface area contributed by atoms with Gasteiger partial charge in [0, 0.05) is 0 Å². The van der Waals surface area contributed by atoms with Crippen molar-refractivity contribution >= 4 is 0 Å². The van der Waals surface area contributed by atoms with Crippen LogP contribution in [-0.2, 0) is 0 Å². The maximum absolute atomic E-state index is 13.3. The van der Waals surface area contributed by atoms with E-state index in [0.717, 1.165) is 18.4 Å². The van der Waals surface area contributed by atoms with E-state index >= 15 is 0 Å². The molecular formula is C11H18F2. The molecule has 0 aromatic carbocycles. The van der Waals surface area contributed by atoms with E-state index in [4.69, 9.17) is 0 Å². The van der Waals surface area contributed by atoms with E-state index in [1.807, 2.05) is 13.8 Å². The second-order valence-corrected chi connectivity index (χ2v) is 3.18. The maximum atomic E-state index is 13.3. The largest absolute Gasteiger partial charge is 0.246 e. The van der Waals surface area contributed by atoms with E-state index in [1.165, 1.54) is 6.08 Å². The molecule has 0 spiro atoms. The highest BCUT2D eigenvalue weighted by atomic mass is 19.1. The van der Waals surface area contributed by atoms with E-state index < -0.39 is 6.67 Å². The fourth-order valence-electron chi connectivity index (χ4n) is 1.12. The predicted molar refractivity (Wildman–Crippen MR) is 53.1 cm³/mol. The van der Waals surface area contributed by atoms with Gasteiger partial charge in [-0.05, 0) is 37.0 Å². The van der Waals surface area contributed by atoms with Gasteiger partial charge in [0.25, 0.3) is 0 Å². The first-order chi connectivity index (χ1) is 6.15. The Hall–Kier alpha value is -0.660. The molecule has 0 amide bonds. The van der Waals surface area contributed by atoms with Crippen molar-refractivity contribution in [1.82, 2.24) is 0 Å². The highest BCUT2D eigenvalue weighted by molar-refractivity contribution is 5.23. The summed E-state index contributed by atoms with van der Waals surface area (Å²) in [5, 5.41) is 0. The SMILES string of the molecule is CCC/C(CC)=C(F)/C=C(\C)CF. The summed E-state index contributed by atoms with van der Waals surface area (Å²) in [6, 6.07) is 0. The average molecular weight is 188 g/mol. The molecule has 0 fully saturated rings. The lowest BCUT2D eigenvalue weighted by molar-refractivity contribution is 0.539. The van der Waals surface area contributed by atoms with Crippen LogP contribution in [0.3, 0.4) is 0 Å². The number of hydrogen-bond donors (Lipinski definition) is 0. The van der Waals surface area contributed by atoms with Crippen LogP contribution in [0.1, 0.15) is 40.0 Å². The molecule has 0 aliphatic rings. The van der Waals surface area contributed by atoms with Gasteiger partial charge in [0.05, 0.1) is 0 Å². The van der Waals surface area contributed by atoms with E-state index in [0.29, 0.717) is 12.0 Å².